The number of hydrogen-bond donors (Lipinski definition) is 1. The SMILES string of the molecule is CC1(C)CC2(CCO1)NCCc1ccsc12. The van der Waals surface area contributed by atoms with Gasteiger partial charge in [-0.3, -0.25) is 0 Å². The van der Waals surface area contributed by atoms with Gasteiger partial charge in [-0.2, -0.15) is 0 Å². The van der Waals surface area contributed by atoms with Crippen molar-refractivity contribution in [2.24, 2.45) is 0 Å². The molecule has 3 heterocycles. The molecule has 16 heavy (non-hydrogen) atoms. The third-order valence-electron chi connectivity index (χ3n) is 3.79. The third kappa shape index (κ3) is 1.62. The van der Waals surface area contributed by atoms with Gasteiger partial charge in [0.05, 0.1) is 11.1 Å². The van der Waals surface area contributed by atoms with E-state index in [1.54, 1.807) is 10.4 Å². The minimum atomic E-state index is 0.00382. The van der Waals surface area contributed by atoms with Gasteiger partial charge in [-0.05, 0) is 50.1 Å². The lowest BCUT2D eigenvalue weighted by Crippen LogP contribution is -2.54. The Hall–Kier alpha value is -0.380. The fourth-order valence-corrected chi connectivity index (χ4v) is 4.34. The van der Waals surface area contributed by atoms with Crippen LogP contribution < -0.4 is 5.32 Å². The van der Waals surface area contributed by atoms with Gasteiger partial charge >= 0.3 is 0 Å². The third-order valence-corrected chi connectivity index (χ3v) is 4.95. The number of hydrogen-bond acceptors (Lipinski definition) is 3. The number of ether oxygens (including phenoxy) is 1. The van der Waals surface area contributed by atoms with Gasteiger partial charge in [-0.15, -0.1) is 11.3 Å². The zero-order valence-electron chi connectivity index (χ0n) is 10.0. The van der Waals surface area contributed by atoms with Crippen molar-refractivity contribution in [3.63, 3.8) is 0 Å². The number of rotatable bonds is 0. The van der Waals surface area contributed by atoms with E-state index in [1.807, 2.05) is 11.3 Å². The van der Waals surface area contributed by atoms with E-state index in [4.69, 9.17) is 4.74 Å². The second kappa shape index (κ2) is 3.56. The minimum Gasteiger partial charge on any atom is -0.375 e. The highest BCUT2D eigenvalue weighted by molar-refractivity contribution is 7.10. The Kier molecular flexibility index (Phi) is 2.39. The summed E-state index contributed by atoms with van der Waals surface area (Å²) in [6.07, 6.45) is 3.39. The Morgan fingerprint density at radius 3 is 3.12 bits per heavy atom. The van der Waals surface area contributed by atoms with E-state index in [0.717, 1.165) is 26.0 Å². The van der Waals surface area contributed by atoms with Gasteiger partial charge in [-0.25, -0.2) is 0 Å². The Morgan fingerprint density at radius 1 is 1.44 bits per heavy atom. The number of nitrogens with one attached hydrogen (secondary N) is 1. The first-order chi connectivity index (χ1) is 7.61. The normalized spacial score (nSPS) is 32.6. The van der Waals surface area contributed by atoms with Crippen molar-refractivity contribution in [1.29, 1.82) is 0 Å². The Morgan fingerprint density at radius 2 is 2.31 bits per heavy atom. The van der Waals surface area contributed by atoms with Gasteiger partial charge in [0.25, 0.3) is 0 Å². The molecule has 1 N–H and O–H groups in total. The quantitative estimate of drug-likeness (QED) is 0.749. The zero-order chi connectivity index (χ0) is 11.2. The van der Waals surface area contributed by atoms with Gasteiger partial charge in [0.15, 0.2) is 0 Å². The summed E-state index contributed by atoms with van der Waals surface area (Å²) < 4.78 is 5.85. The fourth-order valence-electron chi connectivity index (χ4n) is 3.18. The molecule has 0 saturated carbocycles. The molecule has 0 aromatic carbocycles. The lowest BCUT2D eigenvalue weighted by Gasteiger charge is -2.47. The fraction of sp³-hybridized carbons (Fsp3) is 0.692. The summed E-state index contributed by atoms with van der Waals surface area (Å²) >= 11 is 1.91. The maximum atomic E-state index is 5.85. The van der Waals surface area contributed by atoms with Gasteiger partial charge in [-0.1, -0.05) is 0 Å². The highest BCUT2D eigenvalue weighted by atomic mass is 32.1. The predicted molar refractivity (Wildman–Crippen MR) is 67.0 cm³/mol. The van der Waals surface area contributed by atoms with Crippen LogP contribution in [0.2, 0.25) is 0 Å². The number of fused-ring (bicyclic) bond motifs is 2. The molecule has 1 saturated heterocycles. The molecule has 0 radical (unpaired) electrons. The molecule has 1 aromatic heterocycles. The summed E-state index contributed by atoms with van der Waals surface area (Å²) in [5, 5.41) is 6.00. The van der Waals surface area contributed by atoms with E-state index in [2.05, 4.69) is 30.6 Å². The van der Waals surface area contributed by atoms with Crippen LogP contribution in [0.3, 0.4) is 0 Å². The molecule has 2 nitrogen and oxygen atoms in total. The summed E-state index contributed by atoms with van der Waals surface area (Å²) in [5.41, 5.74) is 1.76. The first kappa shape index (κ1) is 10.8. The van der Waals surface area contributed by atoms with Crippen LogP contribution in [0.15, 0.2) is 11.4 Å². The first-order valence-corrected chi connectivity index (χ1v) is 6.95. The smallest absolute Gasteiger partial charge is 0.0647 e. The second-order valence-electron chi connectivity index (χ2n) is 5.57. The van der Waals surface area contributed by atoms with Crippen molar-refractivity contribution in [2.45, 2.75) is 44.2 Å². The van der Waals surface area contributed by atoms with Gasteiger partial charge in [0.2, 0.25) is 0 Å². The predicted octanol–water partition coefficient (Wildman–Crippen LogP) is 2.68. The Balaban J connectivity index is 2.00. The molecule has 88 valence electrons. The van der Waals surface area contributed by atoms with Crippen molar-refractivity contribution < 1.29 is 4.74 Å². The van der Waals surface area contributed by atoms with Crippen molar-refractivity contribution in [3.8, 4) is 0 Å². The van der Waals surface area contributed by atoms with Crippen LogP contribution in [0, 0.1) is 0 Å². The Labute approximate surface area is 101 Å². The van der Waals surface area contributed by atoms with Crippen molar-refractivity contribution in [1.82, 2.24) is 5.32 Å². The van der Waals surface area contributed by atoms with E-state index in [-0.39, 0.29) is 11.1 Å². The standard InChI is InChI=1S/C13H19NOS/c1-12(2)9-13(5-7-15-12)11-10(3-6-14-13)4-8-16-11/h4,8,14H,3,5-7,9H2,1-2H3. The lowest BCUT2D eigenvalue weighted by atomic mass is 9.77. The molecular formula is C13H19NOS. The summed E-state index contributed by atoms with van der Waals surface area (Å²) in [7, 11) is 0. The lowest BCUT2D eigenvalue weighted by molar-refractivity contribution is -0.0901. The van der Waals surface area contributed by atoms with Crippen LogP contribution in [0.5, 0.6) is 0 Å². The summed E-state index contributed by atoms with van der Waals surface area (Å²) in [6.45, 7) is 6.39. The summed E-state index contributed by atoms with van der Waals surface area (Å²) in [4.78, 5) is 1.56. The highest BCUT2D eigenvalue weighted by Gasteiger charge is 2.44. The molecule has 1 unspecified atom stereocenters. The van der Waals surface area contributed by atoms with Crippen LogP contribution in [0.1, 0.15) is 37.1 Å². The van der Waals surface area contributed by atoms with Crippen molar-refractivity contribution in [3.05, 3.63) is 21.9 Å². The average molecular weight is 237 g/mol. The minimum absolute atomic E-state index is 0.00382. The van der Waals surface area contributed by atoms with Gasteiger partial charge in [0.1, 0.15) is 0 Å². The molecule has 0 bridgehead atoms. The first-order valence-electron chi connectivity index (χ1n) is 6.07. The molecule has 1 spiro atoms. The Bertz CT molecular complexity index is 398. The van der Waals surface area contributed by atoms with Crippen molar-refractivity contribution in [2.75, 3.05) is 13.2 Å². The second-order valence-corrected chi connectivity index (χ2v) is 6.48. The van der Waals surface area contributed by atoms with Crippen molar-refractivity contribution >= 4 is 11.3 Å². The topological polar surface area (TPSA) is 21.3 Å². The van der Waals surface area contributed by atoms with E-state index < -0.39 is 0 Å². The maximum absolute atomic E-state index is 5.85. The highest BCUT2D eigenvalue weighted by Crippen LogP contribution is 2.44. The molecule has 1 fully saturated rings. The van der Waals surface area contributed by atoms with Crippen LogP contribution >= 0.6 is 11.3 Å². The summed E-state index contributed by atoms with van der Waals surface area (Å²) in [6, 6.07) is 2.30. The molecule has 2 aliphatic rings. The number of thiophene rings is 1. The molecule has 1 atom stereocenters. The van der Waals surface area contributed by atoms with Crippen LogP contribution in [-0.4, -0.2) is 18.8 Å². The summed E-state index contributed by atoms with van der Waals surface area (Å²) in [5.74, 6) is 0. The molecule has 0 amide bonds. The van der Waals surface area contributed by atoms with Crippen LogP contribution in [0.25, 0.3) is 0 Å². The average Bonchev–Trinajstić information content (AvgIpc) is 2.65. The molecule has 1 aromatic rings. The zero-order valence-corrected chi connectivity index (χ0v) is 10.8. The largest absolute Gasteiger partial charge is 0.375 e. The molecular weight excluding hydrogens is 218 g/mol. The van der Waals surface area contributed by atoms with E-state index in [1.165, 1.54) is 6.42 Å². The molecule has 3 heteroatoms. The molecule has 0 aliphatic carbocycles. The molecule has 3 rings (SSSR count). The van der Waals surface area contributed by atoms with E-state index in [9.17, 15) is 0 Å². The van der Waals surface area contributed by atoms with Gasteiger partial charge in [0, 0.05) is 18.0 Å². The van der Waals surface area contributed by atoms with E-state index in [0.29, 0.717) is 0 Å². The van der Waals surface area contributed by atoms with Crippen LogP contribution in [-0.2, 0) is 16.7 Å². The monoisotopic (exact) mass is 237 g/mol. The van der Waals surface area contributed by atoms with Crippen LogP contribution in [0.4, 0.5) is 0 Å². The molecule has 2 aliphatic heterocycles. The van der Waals surface area contributed by atoms with Gasteiger partial charge < -0.3 is 10.1 Å². The van der Waals surface area contributed by atoms with E-state index >= 15 is 0 Å². The maximum Gasteiger partial charge on any atom is 0.0647 e.